The van der Waals surface area contributed by atoms with Crippen molar-refractivity contribution in [3.63, 3.8) is 0 Å². The number of nitrogens with two attached hydrogens (primary N) is 1. The van der Waals surface area contributed by atoms with E-state index in [4.69, 9.17) is 10.5 Å². The summed E-state index contributed by atoms with van der Waals surface area (Å²) in [5.74, 6) is -0.901. The molecular formula is C15H12F4N2O. The summed E-state index contributed by atoms with van der Waals surface area (Å²) < 4.78 is 57.6. The lowest BCUT2D eigenvalue weighted by atomic mass is 9.82. The van der Waals surface area contributed by atoms with E-state index < -0.39 is 23.1 Å². The van der Waals surface area contributed by atoms with Crippen molar-refractivity contribution in [1.82, 2.24) is 4.98 Å². The molecule has 0 fully saturated rings. The van der Waals surface area contributed by atoms with E-state index in [2.05, 4.69) is 4.98 Å². The first-order valence-electron chi connectivity index (χ1n) is 6.57. The molecule has 0 saturated heterocycles. The van der Waals surface area contributed by atoms with Crippen LogP contribution < -0.4 is 10.5 Å². The van der Waals surface area contributed by atoms with E-state index in [0.717, 1.165) is 12.1 Å². The number of ether oxygens (including phenoxy) is 1. The number of nitrogens with zero attached hydrogens (tertiary/aromatic N) is 1. The molecule has 2 N–H and O–H groups in total. The highest BCUT2D eigenvalue weighted by atomic mass is 19.4. The van der Waals surface area contributed by atoms with Gasteiger partial charge in [0, 0.05) is 12.6 Å². The molecule has 0 amide bonds. The summed E-state index contributed by atoms with van der Waals surface area (Å²) in [7, 11) is 0. The Labute approximate surface area is 123 Å². The molecule has 0 unspecified atom stereocenters. The van der Waals surface area contributed by atoms with Crippen LogP contribution in [0.5, 0.6) is 5.75 Å². The maximum Gasteiger partial charge on any atom is 0.419 e. The maximum atomic E-state index is 13.5. The first kappa shape index (κ1) is 14.8. The minimum Gasteiger partial charge on any atom is -0.491 e. The van der Waals surface area contributed by atoms with Crippen molar-refractivity contribution in [2.24, 2.45) is 5.73 Å². The molecule has 0 saturated carbocycles. The normalized spacial score (nSPS) is 21.1. The number of aromatic nitrogens is 1. The van der Waals surface area contributed by atoms with Gasteiger partial charge in [0.1, 0.15) is 17.3 Å². The molecule has 1 aliphatic heterocycles. The zero-order chi connectivity index (χ0) is 16.0. The Morgan fingerprint density at radius 1 is 1.23 bits per heavy atom. The van der Waals surface area contributed by atoms with Crippen molar-refractivity contribution < 1.29 is 22.3 Å². The van der Waals surface area contributed by atoms with E-state index >= 15 is 0 Å². The van der Waals surface area contributed by atoms with E-state index in [-0.39, 0.29) is 18.6 Å². The summed E-state index contributed by atoms with van der Waals surface area (Å²) in [5, 5.41) is 0. The average Bonchev–Trinajstić information content (AvgIpc) is 2.47. The van der Waals surface area contributed by atoms with Crippen LogP contribution >= 0.6 is 0 Å². The first-order valence-corrected chi connectivity index (χ1v) is 6.57. The molecule has 0 radical (unpaired) electrons. The Kier molecular flexibility index (Phi) is 3.32. The fourth-order valence-electron chi connectivity index (χ4n) is 2.58. The fourth-order valence-corrected chi connectivity index (χ4v) is 2.58. The number of halogens is 4. The molecule has 22 heavy (non-hydrogen) atoms. The van der Waals surface area contributed by atoms with Crippen LogP contribution in [0.2, 0.25) is 0 Å². The molecule has 7 heteroatoms. The van der Waals surface area contributed by atoms with Gasteiger partial charge in [-0.05, 0) is 29.8 Å². The van der Waals surface area contributed by atoms with E-state index in [1.165, 1.54) is 12.3 Å². The molecule has 3 rings (SSSR count). The summed E-state index contributed by atoms with van der Waals surface area (Å²) >= 11 is 0. The predicted molar refractivity (Wildman–Crippen MR) is 70.7 cm³/mol. The SMILES string of the molecule is N[C@]1(c2ccc(F)c(C(F)(F)F)c2)CCOc2cccnc21. The van der Waals surface area contributed by atoms with Gasteiger partial charge in [-0.25, -0.2) is 4.39 Å². The summed E-state index contributed by atoms with van der Waals surface area (Å²) in [4.78, 5) is 4.14. The number of fused-ring (bicyclic) bond motifs is 1. The van der Waals surface area contributed by atoms with Gasteiger partial charge in [-0.2, -0.15) is 13.2 Å². The number of alkyl halides is 3. The third-order valence-electron chi connectivity index (χ3n) is 3.73. The molecule has 1 aromatic carbocycles. The highest BCUT2D eigenvalue weighted by Crippen LogP contribution is 2.40. The lowest BCUT2D eigenvalue weighted by Crippen LogP contribution is -2.43. The molecule has 1 aliphatic rings. The zero-order valence-electron chi connectivity index (χ0n) is 11.3. The van der Waals surface area contributed by atoms with E-state index in [0.29, 0.717) is 11.4 Å². The second kappa shape index (κ2) is 4.95. The largest absolute Gasteiger partial charge is 0.491 e. The number of hydrogen-bond acceptors (Lipinski definition) is 3. The van der Waals surface area contributed by atoms with Crippen molar-refractivity contribution >= 4 is 0 Å². The fraction of sp³-hybridized carbons (Fsp3) is 0.267. The topological polar surface area (TPSA) is 48.1 Å². The minimum absolute atomic E-state index is 0.157. The van der Waals surface area contributed by atoms with Crippen LogP contribution in [0.1, 0.15) is 23.2 Å². The highest BCUT2D eigenvalue weighted by Gasteiger charge is 2.40. The molecule has 0 bridgehead atoms. The van der Waals surface area contributed by atoms with Gasteiger partial charge in [0.2, 0.25) is 0 Å². The van der Waals surface area contributed by atoms with Crippen molar-refractivity contribution in [3.8, 4) is 5.75 Å². The van der Waals surface area contributed by atoms with E-state index in [1.54, 1.807) is 12.1 Å². The molecule has 1 aromatic heterocycles. The number of hydrogen-bond donors (Lipinski definition) is 1. The Morgan fingerprint density at radius 2 is 2.00 bits per heavy atom. The second-order valence-corrected chi connectivity index (χ2v) is 5.11. The van der Waals surface area contributed by atoms with Gasteiger partial charge in [0.05, 0.1) is 17.7 Å². The Morgan fingerprint density at radius 3 is 2.73 bits per heavy atom. The molecule has 3 nitrogen and oxygen atoms in total. The number of benzene rings is 1. The van der Waals surface area contributed by atoms with Crippen LogP contribution in [-0.4, -0.2) is 11.6 Å². The van der Waals surface area contributed by atoms with Crippen LogP contribution in [0.4, 0.5) is 17.6 Å². The smallest absolute Gasteiger partial charge is 0.419 e. The standard InChI is InChI=1S/C15H12F4N2O/c16-11-4-3-9(8-10(11)15(17,18)19)14(20)5-7-22-12-2-1-6-21-13(12)14/h1-4,6,8H,5,7,20H2/t14-/m0/s1. The van der Waals surface area contributed by atoms with Gasteiger partial charge in [-0.1, -0.05) is 6.07 Å². The minimum atomic E-state index is -4.78. The summed E-state index contributed by atoms with van der Waals surface area (Å²) in [6.07, 6.45) is -3.04. The van der Waals surface area contributed by atoms with Gasteiger partial charge >= 0.3 is 6.18 Å². The Bertz CT molecular complexity index is 717. The highest BCUT2D eigenvalue weighted by molar-refractivity contribution is 5.45. The average molecular weight is 312 g/mol. The third kappa shape index (κ3) is 2.31. The number of rotatable bonds is 1. The second-order valence-electron chi connectivity index (χ2n) is 5.11. The van der Waals surface area contributed by atoms with E-state index in [9.17, 15) is 17.6 Å². The monoisotopic (exact) mass is 312 g/mol. The lowest BCUT2D eigenvalue weighted by Gasteiger charge is -2.35. The molecule has 0 aliphatic carbocycles. The van der Waals surface area contributed by atoms with Crippen molar-refractivity contribution in [2.75, 3.05) is 6.61 Å². The van der Waals surface area contributed by atoms with E-state index in [1.807, 2.05) is 0 Å². The number of pyridine rings is 1. The van der Waals surface area contributed by atoms with Crippen LogP contribution in [-0.2, 0) is 11.7 Å². The molecule has 0 spiro atoms. The van der Waals surface area contributed by atoms with Gasteiger partial charge < -0.3 is 10.5 Å². The first-order chi connectivity index (χ1) is 10.3. The summed E-state index contributed by atoms with van der Waals surface area (Å²) in [6.45, 7) is 0.244. The Hall–Kier alpha value is -2.15. The van der Waals surface area contributed by atoms with Crippen molar-refractivity contribution in [1.29, 1.82) is 0 Å². The van der Waals surface area contributed by atoms with Gasteiger partial charge in [0.25, 0.3) is 0 Å². The van der Waals surface area contributed by atoms with Crippen LogP contribution in [0.3, 0.4) is 0 Å². The Balaban J connectivity index is 2.16. The third-order valence-corrected chi connectivity index (χ3v) is 3.73. The lowest BCUT2D eigenvalue weighted by molar-refractivity contribution is -0.140. The van der Waals surface area contributed by atoms with Gasteiger partial charge in [-0.15, -0.1) is 0 Å². The van der Waals surface area contributed by atoms with Crippen LogP contribution in [0, 0.1) is 5.82 Å². The van der Waals surface area contributed by atoms with Gasteiger partial charge in [-0.3, -0.25) is 4.98 Å². The molecule has 116 valence electrons. The van der Waals surface area contributed by atoms with Gasteiger partial charge in [0.15, 0.2) is 0 Å². The van der Waals surface area contributed by atoms with Crippen LogP contribution in [0.15, 0.2) is 36.5 Å². The molecule has 2 heterocycles. The van der Waals surface area contributed by atoms with Crippen LogP contribution in [0.25, 0.3) is 0 Å². The maximum absolute atomic E-state index is 13.5. The quantitative estimate of drug-likeness (QED) is 0.823. The summed E-state index contributed by atoms with van der Waals surface area (Å²) in [5.41, 5.74) is 4.25. The molecule has 1 atom stereocenters. The molecular weight excluding hydrogens is 300 g/mol. The molecule has 2 aromatic rings. The van der Waals surface area contributed by atoms with Crippen molar-refractivity contribution in [2.45, 2.75) is 18.1 Å². The summed E-state index contributed by atoms with van der Waals surface area (Å²) in [6, 6.07) is 6.09. The predicted octanol–water partition coefficient (Wildman–Crippen LogP) is 3.22. The zero-order valence-corrected chi connectivity index (χ0v) is 11.3. The van der Waals surface area contributed by atoms with Crippen molar-refractivity contribution in [3.05, 3.63) is 59.2 Å².